The zero-order valence-electron chi connectivity index (χ0n) is 9.41. The van der Waals surface area contributed by atoms with Crippen LogP contribution in [0.3, 0.4) is 0 Å². The van der Waals surface area contributed by atoms with Crippen LogP contribution in [0, 0.1) is 21.4 Å². The molecule has 2 N–H and O–H groups in total. The van der Waals surface area contributed by atoms with Gasteiger partial charge in [0.2, 0.25) is 0 Å². The molecule has 0 amide bonds. The standard InChI is InChI=1S/C10H7N5O3S/c11-2-6-1-8(15(17)18)4-13-9(6)12-3-7-5-19-10(16)14-7/h1,4-5H,3H2,(H,12,13)(H,14,16). The number of anilines is 1. The van der Waals surface area contributed by atoms with Crippen molar-refractivity contribution in [2.45, 2.75) is 6.54 Å². The highest BCUT2D eigenvalue weighted by Gasteiger charge is 2.12. The number of aromatic amines is 1. The van der Waals surface area contributed by atoms with Crippen LogP contribution >= 0.6 is 11.3 Å². The highest BCUT2D eigenvalue weighted by Crippen LogP contribution is 2.18. The van der Waals surface area contributed by atoms with Gasteiger partial charge in [-0.3, -0.25) is 14.9 Å². The third-order valence-corrected chi connectivity index (χ3v) is 2.94. The first-order chi connectivity index (χ1) is 9.10. The fraction of sp³-hybridized carbons (Fsp3) is 0.100. The van der Waals surface area contributed by atoms with E-state index in [1.165, 1.54) is 0 Å². The Morgan fingerprint density at radius 2 is 2.42 bits per heavy atom. The molecule has 0 saturated carbocycles. The molecule has 0 fully saturated rings. The molecule has 0 saturated heterocycles. The van der Waals surface area contributed by atoms with E-state index in [1.807, 2.05) is 6.07 Å². The van der Waals surface area contributed by atoms with Gasteiger partial charge in [0.15, 0.2) is 0 Å². The molecule has 0 aliphatic heterocycles. The minimum atomic E-state index is -0.617. The minimum Gasteiger partial charge on any atom is -0.363 e. The van der Waals surface area contributed by atoms with Crippen molar-refractivity contribution >= 4 is 22.8 Å². The number of hydrogen-bond acceptors (Lipinski definition) is 7. The molecular formula is C10H7N5O3S. The molecule has 0 aliphatic carbocycles. The van der Waals surface area contributed by atoms with Crippen LogP contribution in [0.4, 0.5) is 11.5 Å². The Morgan fingerprint density at radius 3 is 3.00 bits per heavy atom. The molecule has 2 aromatic rings. The second-order valence-electron chi connectivity index (χ2n) is 3.49. The summed E-state index contributed by atoms with van der Waals surface area (Å²) in [6, 6.07) is 2.98. The SMILES string of the molecule is N#Cc1cc([N+](=O)[O-])cnc1NCc1csc(=O)[nH]1. The quantitative estimate of drug-likeness (QED) is 0.639. The topological polar surface area (TPSA) is 125 Å². The van der Waals surface area contributed by atoms with Gasteiger partial charge in [-0.25, -0.2) is 4.98 Å². The number of pyridine rings is 1. The second-order valence-corrected chi connectivity index (χ2v) is 4.33. The largest absolute Gasteiger partial charge is 0.363 e. The number of nitrogens with one attached hydrogen (secondary N) is 2. The van der Waals surface area contributed by atoms with Crippen molar-refractivity contribution in [3.63, 3.8) is 0 Å². The zero-order chi connectivity index (χ0) is 13.8. The fourth-order valence-electron chi connectivity index (χ4n) is 1.36. The van der Waals surface area contributed by atoms with Crippen LogP contribution in [0.2, 0.25) is 0 Å². The van der Waals surface area contributed by atoms with Crippen molar-refractivity contribution in [2.75, 3.05) is 5.32 Å². The van der Waals surface area contributed by atoms with Gasteiger partial charge in [0, 0.05) is 17.1 Å². The summed E-state index contributed by atoms with van der Waals surface area (Å²) in [4.78, 5) is 27.1. The van der Waals surface area contributed by atoms with Gasteiger partial charge in [0.1, 0.15) is 23.6 Å². The lowest BCUT2D eigenvalue weighted by molar-refractivity contribution is -0.385. The summed E-state index contributed by atoms with van der Waals surface area (Å²) in [7, 11) is 0. The molecule has 0 unspecified atom stereocenters. The molecule has 2 aromatic heterocycles. The Hall–Kier alpha value is -2.73. The molecular weight excluding hydrogens is 270 g/mol. The highest BCUT2D eigenvalue weighted by molar-refractivity contribution is 7.07. The van der Waals surface area contributed by atoms with Crippen molar-refractivity contribution in [3.8, 4) is 6.07 Å². The summed E-state index contributed by atoms with van der Waals surface area (Å²) in [5, 5.41) is 24.0. The van der Waals surface area contributed by atoms with Crippen molar-refractivity contribution in [1.82, 2.24) is 9.97 Å². The fourth-order valence-corrected chi connectivity index (χ4v) is 1.94. The van der Waals surface area contributed by atoms with Gasteiger partial charge in [-0.05, 0) is 0 Å². The van der Waals surface area contributed by atoms with Crippen LogP contribution in [0.25, 0.3) is 0 Å². The van der Waals surface area contributed by atoms with E-state index in [4.69, 9.17) is 5.26 Å². The maximum atomic E-state index is 10.9. The number of hydrogen-bond donors (Lipinski definition) is 2. The van der Waals surface area contributed by atoms with E-state index in [0.29, 0.717) is 5.69 Å². The summed E-state index contributed by atoms with van der Waals surface area (Å²) in [6.45, 7) is 0.276. The lowest BCUT2D eigenvalue weighted by atomic mass is 10.2. The number of rotatable bonds is 4. The van der Waals surface area contributed by atoms with Crippen molar-refractivity contribution in [3.05, 3.63) is 48.7 Å². The van der Waals surface area contributed by atoms with Gasteiger partial charge in [-0.15, -0.1) is 0 Å². The van der Waals surface area contributed by atoms with Crippen LogP contribution in [0.1, 0.15) is 11.3 Å². The number of nitrogens with zero attached hydrogens (tertiary/aromatic N) is 3. The third-order valence-electron chi connectivity index (χ3n) is 2.22. The van der Waals surface area contributed by atoms with Gasteiger partial charge in [0.05, 0.1) is 11.5 Å². The Bertz CT molecular complexity index is 714. The Balaban J connectivity index is 2.18. The Morgan fingerprint density at radius 1 is 1.63 bits per heavy atom. The average Bonchev–Trinajstić information content (AvgIpc) is 2.81. The van der Waals surface area contributed by atoms with Crippen molar-refractivity contribution in [1.29, 1.82) is 5.26 Å². The number of nitriles is 1. The van der Waals surface area contributed by atoms with Crippen LogP contribution in [0.15, 0.2) is 22.4 Å². The summed E-state index contributed by atoms with van der Waals surface area (Å²) < 4.78 is 0. The number of thiazole rings is 1. The Labute approximate surface area is 110 Å². The van der Waals surface area contributed by atoms with Crippen LogP contribution in [0.5, 0.6) is 0 Å². The van der Waals surface area contributed by atoms with Gasteiger partial charge < -0.3 is 10.3 Å². The maximum Gasteiger partial charge on any atom is 0.304 e. The molecule has 19 heavy (non-hydrogen) atoms. The summed E-state index contributed by atoms with van der Waals surface area (Å²) in [6.07, 6.45) is 1.07. The minimum absolute atomic E-state index is 0.0757. The number of nitro groups is 1. The molecule has 0 atom stereocenters. The van der Waals surface area contributed by atoms with E-state index < -0.39 is 4.92 Å². The lowest BCUT2D eigenvalue weighted by Crippen LogP contribution is -2.06. The molecule has 0 spiro atoms. The summed E-state index contributed by atoms with van der Waals surface area (Å²) in [5.74, 6) is 0.236. The molecule has 0 bridgehead atoms. The first-order valence-electron chi connectivity index (χ1n) is 5.05. The maximum absolute atomic E-state index is 10.9. The van der Waals surface area contributed by atoms with E-state index in [0.717, 1.165) is 23.6 Å². The van der Waals surface area contributed by atoms with E-state index >= 15 is 0 Å². The lowest BCUT2D eigenvalue weighted by Gasteiger charge is -2.05. The van der Waals surface area contributed by atoms with Gasteiger partial charge in [-0.1, -0.05) is 11.3 Å². The Kier molecular flexibility index (Phi) is 3.53. The van der Waals surface area contributed by atoms with Gasteiger partial charge in [-0.2, -0.15) is 5.26 Å². The molecule has 9 heteroatoms. The first kappa shape index (κ1) is 12.7. The monoisotopic (exact) mass is 277 g/mol. The summed E-state index contributed by atoms with van der Waals surface area (Å²) >= 11 is 1.03. The second kappa shape index (κ2) is 5.28. The molecule has 0 aromatic carbocycles. The van der Waals surface area contributed by atoms with Gasteiger partial charge >= 0.3 is 4.87 Å². The first-order valence-corrected chi connectivity index (χ1v) is 5.93. The van der Waals surface area contributed by atoms with Crippen LogP contribution < -0.4 is 10.2 Å². The van der Waals surface area contributed by atoms with E-state index in [2.05, 4.69) is 15.3 Å². The third kappa shape index (κ3) is 2.93. The molecule has 96 valence electrons. The van der Waals surface area contributed by atoms with E-state index in [9.17, 15) is 14.9 Å². The molecule has 0 radical (unpaired) electrons. The molecule has 2 rings (SSSR count). The van der Waals surface area contributed by atoms with Crippen LogP contribution in [-0.4, -0.2) is 14.9 Å². The molecule has 2 heterocycles. The number of H-pyrrole nitrogens is 1. The predicted octanol–water partition coefficient (Wildman–Crippen LogP) is 1.22. The van der Waals surface area contributed by atoms with Gasteiger partial charge in [0.25, 0.3) is 5.69 Å². The van der Waals surface area contributed by atoms with Crippen LogP contribution in [-0.2, 0) is 6.54 Å². The predicted molar refractivity (Wildman–Crippen MR) is 67.9 cm³/mol. The zero-order valence-corrected chi connectivity index (χ0v) is 10.2. The van der Waals surface area contributed by atoms with Crippen molar-refractivity contribution < 1.29 is 4.92 Å². The van der Waals surface area contributed by atoms with E-state index in [1.54, 1.807) is 5.38 Å². The number of aromatic nitrogens is 2. The molecule has 0 aliphatic rings. The smallest absolute Gasteiger partial charge is 0.304 e. The van der Waals surface area contributed by atoms with E-state index in [-0.39, 0.29) is 28.5 Å². The average molecular weight is 277 g/mol. The normalized spacial score (nSPS) is 9.84. The van der Waals surface area contributed by atoms with Crippen molar-refractivity contribution in [2.24, 2.45) is 0 Å². The highest BCUT2D eigenvalue weighted by atomic mass is 32.1. The molecule has 8 nitrogen and oxygen atoms in total. The summed E-state index contributed by atoms with van der Waals surface area (Å²) in [5.41, 5.74) is 0.483.